The van der Waals surface area contributed by atoms with Crippen LogP contribution in [0, 0.1) is 0 Å². The number of ether oxygens (including phenoxy) is 3. The largest absolute Gasteiger partial charge is 0.493 e. The number of methoxy groups -OCH3 is 2. The SMILES string of the molecule is COc1ccc(-c2nc(CC(=O)NCCOc3cccc4ccccc34)cs2)cc1OC. The predicted octanol–water partition coefficient (Wildman–Crippen LogP) is 4.72. The van der Waals surface area contributed by atoms with E-state index < -0.39 is 0 Å². The van der Waals surface area contributed by atoms with Gasteiger partial charge in [-0.25, -0.2) is 4.98 Å². The van der Waals surface area contributed by atoms with Gasteiger partial charge in [0.2, 0.25) is 5.91 Å². The number of carbonyl (C=O) groups excluding carboxylic acids is 1. The van der Waals surface area contributed by atoms with Gasteiger partial charge >= 0.3 is 0 Å². The number of benzene rings is 3. The summed E-state index contributed by atoms with van der Waals surface area (Å²) in [5, 5.41) is 7.81. The zero-order chi connectivity index (χ0) is 22.3. The quantitative estimate of drug-likeness (QED) is 0.375. The second-order valence-electron chi connectivity index (χ2n) is 7.07. The fourth-order valence-electron chi connectivity index (χ4n) is 3.39. The molecule has 0 saturated heterocycles. The zero-order valence-corrected chi connectivity index (χ0v) is 18.8. The Hall–Kier alpha value is -3.58. The third-order valence-electron chi connectivity index (χ3n) is 4.96. The van der Waals surface area contributed by atoms with Crippen molar-refractivity contribution in [3.05, 3.63) is 71.7 Å². The van der Waals surface area contributed by atoms with Gasteiger partial charge in [-0.2, -0.15) is 0 Å². The zero-order valence-electron chi connectivity index (χ0n) is 18.0. The third-order valence-corrected chi connectivity index (χ3v) is 5.90. The number of amides is 1. The highest BCUT2D eigenvalue weighted by atomic mass is 32.1. The Morgan fingerprint density at radius 2 is 1.78 bits per heavy atom. The summed E-state index contributed by atoms with van der Waals surface area (Å²) in [4.78, 5) is 16.9. The van der Waals surface area contributed by atoms with Crippen LogP contribution in [0.25, 0.3) is 21.3 Å². The average molecular weight is 449 g/mol. The van der Waals surface area contributed by atoms with E-state index in [0.29, 0.717) is 24.7 Å². The molecule has 0 spiro atoms. The second-order valence-corrected chi connectivity index (χ2v) is 7.92. The summed E-state index contributed by atoms with van der Waals surface area (Å²) in [7, 11) is 3.20. The van der Waals surface area contributed by atoms with Crippen molar-refractivity contribution in [1.82, 2.24) is 10.3 Å². The first kappa shape index (κ1) is 21.6. The van der Waals surface area contributed by atoms with Gasteiger partial charge in [0.05, 0.1) is 32.9 Å². The lowest BCUT2D eigenvalue weighted by Gasteiger charge is -2.10. The van der Waals surface area contributed by atoms with E-state index in [1.807, 2.05) is 66.0 Å². The molecule has 0 aliphatic rings. The molecule has 4 rings (SSSR count). The fraction of sp³-hybridized carbons (Fsp3) is 0.200. The molecule has 0 saturated carbocycles. The maximum absolute atomic E-state index is 12.3. The topological polar surface area (TPSA) is 69.7 Å². The maximum atomic E-state index is 12.3. The monoisotopic (exact) mass is 448 g/mol. The third kappa shape index (κ3) is 5.00. The Morgan fingerprint density at radius 1 is 0.969 bits per heavy atom. The summed E-state index contributed by atoms with van der Waals surface area (Å²) in [5.74, 6) is 2.04. The molecule has 0 aliphatic carbocycles. The molecule has 3 aromatic carbocycles. The summed E-state index contributed by atoms with van der Waals surface area (Å²) in [6.45, 7) is 0.822. The van der Waals surface area contributed by atoms with Crippen LogP contribution in [0.4, 0.5) is 0 Å². The van der Waals surface area contributed by atoms with E-state index in [0.717, 1.165) is 32.8 Å². The molecule has 0 radical (unpaired) electrons. The van der Waals surface area contributed by atoms with Crippen molar-refractivity contribution in [3.8, 4) is 27.8 Å². The molecule has 164 valence electrons. The molecule has 0 bridgehead atoms. The summed E-state index contributed by atoms with van der Waals surface area (Å²) < 4.78 is 16.5. The summed E-state index contributed by atoms with van der Waals surface area (Å²) in [6, 6.07) is 19.7. The van der Waals surface area contributed by atoms with Crippen LogP contribution in [0.2, 0.25) is 0 Å². The van der Waals surface area contributed by atoms with E-state index in [2.05, 4.69) is 10.3 Å². The number of hydrogen-bond donors (Lipinski definition) is 1. The molecule has 7 heteroatoms. The molecule has 0 fully saturated rings. The van der Waals surface area contributed by atoms with Gasteiger partial charge in [0.1, 0.15) is 17.4 Å². The summed E-state index contributed by atoms with van der Waals surface area (Å²) in [6.07, 6.45) is 0.220. The number of carbonyl (C=O) groups is 1. The standard InChI is InChI=1S/C25H24N2O4S/c1-29-22-11-10-18(14-23(22)30-2)25-27-19(16-32-25)15-24(28)26-12-13-31-21-9-5-7-17-6-3-4-8-20(17)21/h3-11,14,16H,12-13,15H2,1-2H3,(H,26,28). The number of aromatic nitrogens is 1. The smallest absolute Gasteiger partial charge is 0.226 e. The molecule has 6 nitrogen and oxygen atoms in total. The van der Waals surface area contributed by atoms with Gasteiger partial charge in [-0.15, -0.1) is 11.3 Å². The van der Waals surface area contributed by atoms with Crippen molar-refractivity contribution in [2.45, 2.75) is 6.42 Å². The number of thiazole rings is 1. The molecule has 0 unspecified atom stereocenters. The first-order valence-corrected chi connectivity index (χ1v) is 11.1. The van der Waals surface area contributed by atoms with Gasteiger partial charge in [0.15, 0.2) is 11.5 Å². The van der Waals surface area contributed by atoms with Crippen LogP contribution in [-0.4, -0.2) is 38.3 Å². The van der Waals surface area contributed by atoms with E-state index in [-0.39, 0.29) is 12.3 Å². The van der Waals surface area contributed by atoms with Crippen molar-refractivity contribution in [3.63, 3.8) is 0 Å². The lowest BCUT2D eigenvalue weighted by molar-refractivity contribution is -0.120. The highest BCUT2D eigenvalue weighted by Crippen LogP contribution is 2.33. The minimum atomic E-state index is -0.0873. The van der Waals surface area contributed by atoms with Crippen molar-refractivity contribution >= 4 is 28.0 Å². The molecular weight excluding hydrogens is 424 g/mol. The minimum absolute atomic E-state index is 0.0873. The predicted molar refractivity (Wildman–Crippen MR) is 127 cm³/mol. The molecule has 1 heterocycles. The first-order valence-electron chi connectivity index (χ1n) is 10.2. The number of rotatable bonds is 9. The molecule has 4 aromatic rings. The number of nitrogens with zero attached hydrogens (tertiary/aromatic N) is 1. The number of hydrogen-bond acceptors (Lipinski definition) is 6. The Labute approximate surface area is 190 Å². The highest BCUT2D eigenvalue weighted by molar-refractivity contribution is 7.13. The Balaban J connectivity index is 1.29. The molecule has 1 amide bonds. The minimum Gasteiger partial charge on any atom is -0.493 e. The Morgan fingerprint density at radius 3 is 2.62 bits per heavy atom. The maximum Gasteiger partial charge on any atom is 0.226 e. The van der Waals surface area contributed by atoms with Gasteiger partial charge in [-0.05, 0) is 29.7 Å². The number of fused-ring (bicyclic) bond motifs is 1. The normalized spacial score (nSPS) is 10.7. The van der Waals surface area contributed by atoms with Crippen LogP contribution >= 0.6 is 11.3 Å². The van der Waals surface area contributed by atoms with Gasteiger partial charge < -0.3 is 19.5 Å². The van der Waals surface area contributed by atoms with Gasteiger partial charge in [0.25, 0.3) is 0 Å². The van der Waals surface area contributed by atoms with Crippen LogP contribution in [0.15, 0.2) is 66.0 Å². The highest BCUT2D eigenvalue weighted by Gasteiger charge is 2.12. The average Bonchev–Trinajstić information content (AvgIpc) is 3.29. The lowest BCUT2D eigenvalue weighted by Crippen LogP contribution is -2.29. The Kier molecular flexibility index (Phi) is 6.87. The van der Waals surface area contributed by atoms with Gasteiger partial charge in [0, 0.05) is 16.3 Å². The number of nitrogens with one attached hydrogen (secondary N) is 1. The van der Waals surface area contributed by atoms with E-state index in [4.69, 9.17) is 14.2 Å². The van der Waals surface area contributed by atoms with Gasteiger partial charge in [-0.1, -0.05) is 36.4 Å². The van der Waals surface area contributed by atoms with E-state index in [1.165, 1.54) is 11.3 Å². The Bertz CT molecular complexity index is 1220. The van der Waals surface area contributed by atoms with Crippen molar-refractivity contribution in [2.75, 3.05) is 27.4 Å². The molecule has 0 aliphatic heterocycles. The van der Waals surface area contributed by atoms with Crippen LogP contribution in [0.1, 0.15) is 5.69 Å². The van der Waals surface area contributed by atoms with Crippen molar-refractivity contribution in [1.29, 1.82) is 0 Å². The molecule has 32 heavy (non-hydrogen) atoms. The van der Waals surface area contributed by atoms with Crippen LogP contribution < -0.4 is 19.5 Å². The molecule has 1 aromatic heterocycles. The molecular formula is C25H24N2O4S. The first-order chi connectivity index (χ1) is 15.7. The van der Waals surface area contributed by atoms with Crippen LogP contribution in [-0.2, 0) is 11.2 Å². The molecule has 1 N–H and O–H groups in total. The second kappa shape index (κ2) is 10.2. The van der Waals surface area contributed by atoms with Crippen LogP contribution in [0.5, 0.6) is 17.2 Å². The van der Waals surface area contributed by atoms with E-state index in [9.17, 15) is 4.79 Å². The van der Waals surface area contributed by atoms with Gasteiger partial charge in [-0.3, -0.25) is 4.79 Å². The van der Waals surface area contributed by atoms with Crippen molar-refractivity contribution < 1.29 is 19.0 Å². The lowest BCUT2D eigenvalue weighted by atomic mass is 10.1. The summed E-state index contributed by atoms with van der Waals surface area (Å²) in [5.41, 5.74) is 1.65. The fourth-order valence-corrected chi connectivity index (χ4v) is 4.21. The van der Waals surface area contributed by atoms with Crippen molar-refractivity contribution in [2.24, 2.45) is 0 Å². The van der Waals surface area contributed by atoms with E-state index in [1.54, 1.807) is 14.2 Å². The van der Waals surface area contributed by atoms with E-state index >= 15 is 0 Å². The molecule has 0 atom stereocenters. The summed E-state index contributed by atoms with van der Waals surface area (Å²) >= 11 is 1.49. The van der Waals surface area contributed by atoms with Crippen LogP contribution in [0.3, 0.4) is 0 Å².